The molecule has 2 atom stereocenters. The fourth-order valence-electron chi connectivity index (χ4n) is 4.70. The fourth-order valence-corrected chi connectivity index (χ4v) is 4.70. The normalized spacial score (nSPS) is 27.4. The molecule has 1 aromatic heterocycles. The second-order valence-corrected chi connectivity index (χ2v) is 8.35. The smallest absolute Gasteiger partial charge is 0.142 e. The van der Waals surface area contributed by atoms with Crippen LogP contribution in [0, 0.1) is 0 Å². The van der Waals surface area contributed by atoms with Crippen molar-refractivity contribution in [3.05, 3.63) is 60.2 Å². The molecule has 2 saturated heterocycles. The van der Waals surface area contributed by atoms with Crippen LogP contribution in [-0.2, 0) is 6.54 Å². The lowest BCUT2D eigenvalue weighted by Crippen LogP contribution is -2.61. The quantitative estimate of drug-likeness (QED) is 0.853. The number of nitrogens with one attached hydrogen (secondary N) is 1. The average molecular weight is 364 g/mol. The Morgan fingerprint density at radius 2 is 1.70 bits per heavy atom. The maximum absolute atomic E-state index is 4.33. The predicted molar refractivity (Wildman–Crippen MR) is 106 cm³/mol. The number of benzene rings is 1. The topological polar surface area (TPSA) is 44.3 Å². The number of aromatic nitrogens is 2. The molecule has 3 fully saturated rings. The van der Waals surface area contributed by atoms with Gasteiger partial charge in [0.15, 0.2) is 0 Å². The van der Waals surface area contributed by atoms with E-state index in [-0.39, 0.29) is 0 Å². The van der Waals surface area contributed by atoms with Crippen LogP contribution < -0.4 is 5.32 Å². The van der Waals surface area contributed by atoms with Crippen LogP contribution >= 0.6 is 0 Å². The Morgan fingerprint density at radius 1 is 0.963 bits per heavy atom. The van der Waals surface area contributed by atoms with Gasteiger partial charge in [0.05, 0.1) is 6.54 Å². The van der Waals surface area contributed by atoms with Crippen LogP contribution in [0.5, 0.6) is 0 Å². The van der Waals surface area contributed by atoms with Crippen LogP contribution in [-0.4, -0.2) is 64.1 Å². The first-order valence-corrected chi connectivity index (χ1v) is 10.4. The van der Waals surface area contributed by atoms with Gasteiger partial charge < -0.3 is 5.32 Å². The van der Waals surface area contributed by atoms with Crippen molar-refractivity contribution in [1.82, 2.24) is 25.1 Å². The zero-order valence-electron chi connectivity index (χ0n) is 15.9. The van der Waals surface area contributed by atoms with Crippen molar-refractivity contribution < 1.29 is 0 Å². The highest BCUT2D eigenvalue weighted by molar-refractivity contribution is 5.27. The number of nitrogens with zero attached hydrogens (tertiary/aromatic N) is 4. The highest BCUT2D eigenvalue weighted by Crippen LogP contribution is 2.41. The molecule has 1 N–H and O–H groups in total. The molecule has 2 aromatic rings. The Kier molecular flexibility index (Phi) is 4.91. The third kappa shape index (κ3) is 4.05. The number of piperidine rings is 1. The highest BCUT2D eigenvalue weighted by atomic mass is 15.3. The predicted octanol–water partition coefficient (Wildman–Crippen LogP) is 2.27. The molecule has 5 rings (SSSR count). The Balaban J connectivity index is 1.02. The van der Waals surface area contributed by atoms with Gasteiger partial charge >= 0.3 is 0 Å². The van der Waals surface area contributed by atoms with Crippen molar-refractivity contribution in [2.24, 2.45) is 0 Å². The van der Waals surface area contributed by atoms with E-state index in [9.17, 15) is 0 Å². The molecule has 142 valence electrons. The second kappa shape index (κ2) is 7.66. The first-order valence-electron chi connectivity index (χ1n) is 10.4. The molecular formula is C22H29N5. The van der Waals surface area contributed by atoms with Gasteiger partial charge in [-0.3, -0.25) is 9.80 Å². The summed E-state index contributed by atoms with van der Waals surface area (Å²) >= 11 is 0. The number of rotatable bonds is 6. The summed E-state index contributed by atoms with van der Waals surface area (Å²) in [5.41, 5.74) is 1.50. The number of hydrogen-bond acceptors (Lipinski definition) is 5. The molecular weight excluding hydrogens is 334 g/mol. The van der Waals surface area contributed by atoms with Crippen molar-refractivity contribution in [2.45, 2.75) is 49.9 Å². The van der Waals surface area contributed by atoms with Crippen LogP contribution in [0.1, 0.15) is 36.6 Å². The highest BCUT2D eigenvalue weighted by Gasteiger charge is 2.40. The summed E-state index contributed by atoms with van der Waals surface area (Å²) in [4.78, 5) is 13.8. The van der Waals surface area contributed by atoms with E-state index in [0.29, 0.717) is 12.1 Å². The molecule has 3 aliphatic rings. The maximum Gasteiger partial charge on any atom is 0.142 e. The summed E-state index contributed by atoms with van der Waals surface area (Å²) in [6.07, 6.45) is 7.55. The summed E-state index contributed by atoms with van der Waals surface area (Å²) < 4.78 is 0. The Hall–Kier alpha value is -1.82. The Labute approximate surface area is 161 Å². The SMILES string of the molecule is c1ccc([C@@H]2C[C@H]2NC2CCN(C3CN(Cc4ncccn4)C3)CC2)cc1. The summed E-state index contributed by atoms with van der Waals surface area (Å²) in [6, 6.07) is 15.0. The van der Waals surface area contributed by atoms with E-state index in [1.165, 1.54) is 37.9 Å². The summed E-state index contributed by atoms with van der Waals surface area (Å²) in [7, 11) is 0. The molecule has 5 nitrogen and oxygen atoms in total. The third-order valence-corrected chi connectivity index (χ3v) is 6.44. The van der Waals surface area contributed by atoms with Gasteiger partial charge in [-0.1, -0.05) is 30.3 Å². The molecule has 0 spiro atoms. The van der Waals surface area contributed by atoms with Gasteiger partial charge in [0.1, 0.15) is 5.82 Å². The standard InChI is InChI=1S/C22H29N5/c1-2-5-17(6-3-1)20-13-21(20)25-18-7-11-27(12-8-18)19-14-26(15-19)16-22-23-9-4-10-24-22/h1-6,9-10,18-21,25H,7-8,11-16H2/t20-,21+/m0/s1. The van der Waals surface area contributed by atoms with Crippen molar-refractivity contribution >= 4 is 0 Å². The largest absolute Gasteiger partial charge is 0.311 e. The molecule has 0 radical (unpaired) electrons. The molecule has 0 amide bonds. The van der Waals surface area contributed by atoms with Gasteiger partial charge in [0.25, 0.3) is 0 Å². The Morgan fingerprint density at radius 3 is 2.44 bits per heavy atom. The lowest BCUT2D eigenvalue weighted by Gasteiger charge is -2.47. The second-order valence-electron chi connectivity index (χ2n) is 8.35. The van der Waals surface area contributed by atoms with Gasteiger partial charge in [-0.2, -0.15) is 0 Å². The van der Waals surface area contributed by atoms with Crippen LogP contribution in [0.3, 0.4) is 0 Å². The fraction of sp³-hybridized carbons (Fsp3) is 0.545. The summed E-state index contributed by atoms with van der Waals surface area (Å²) in [5, 5.41) is 3.92. The van der Waals surface area contributed by atoms with Gasteiger partial charge in [0, 0.05) is 62.6 Å². The van der Waals surface area contributed by atoms with E-state index in [4.69, 9.17) is 0 Å². The maximum atomic E-state index is 4.33. The molecule has 2 aliphatic heterocycles. The number of likely N-dealkylation sites (tertiary alicyclic amines) is 2. The molecule has 27 heavy (non-hydrogen) atoms. The molecule has 3 heterocycles. The van der Waals surface area contributed by atoms with Gasteiger partial charge in [-0.05, 0) is 30.9 Å². The van der Waals surface area contributed by atoms with Crippen molar-refractivity contribution in [1.29, 1.82) is 0 Å². The van der Waals surface area contributed by atoms with Gasteiger partial charge in [-0.15, -0.1) is 0 Å². The monoisotopic (exact) mass is 363 g/mol. The van der Waals surface area contributed by atoms with Gasteiger partial charge in [0.2, 0.25) is 0 Å². The zero-order valence-corrected chi connectivity index (χ0v) is 15.9. The minimum atomic E-state index is 0.703. The number of hydrogen-bond donors (Lipinski definition) is 1. The van der Waals surface area contributed by atoms with Crippen LogP contribution in [0.2, 0.25) is 0 Å². The third-order valence-electron chi connectivity index (χ3n) is 6.44. The average Bonchev–Trinajstić information content (AvgIpc) is 3.46. The van der Waals surface area contributed by atoms with Crippen molar-refractivity contribution in [3.63, 3.8) is 0 Å². The van der Waals surface area contributed by atoms with Crippen LogP contribution in [0.4, 0.5) is 0 Å². The van der Waals surface area contributed by atoms with Crippen molar-refractivity contribution in [2.75, 3.05) is 26.2 Å². The Bertz CT molecular complexity index is 723. The summed E-state index contributed by atoms with van der Waals surface area (Å²) in [6.45, 7) is 5.68. The van der Waals surface area contributed by atoms with Gasteiger partial charge in [-0.25, -0.2) is 9.97 Å². The molecule has 1 aromatic carbocycles. The first-order chi connectivity index (χ1) is 13.3. The molecule has 0 unspecified atom stereocenters. The van der Waals surface area contributed by atoms with Crippen LogP contribution in [0.25, 0.3) is 0 Å². The van der Waals surface area contributed by atoms with E-state index >= 15 is 0 Å². The first kappa shape index (κ1) is 17.3. The lowest BCUT2D eigenvalue weighted by atomic mass is 9.99. The molecule has 1 saturated carbocycles. The molecule has 5 heteroatoms. The van der Waals surface area contributed by atoms with Crippen molar-refractivity contribution in [3.8, 4) is 0 Å². The summed E-state index contributed by atoms with van der Waals surface area (Å²) in [5.74, 6) is 1.68. The van der Waals surface area contributed by atoms with E-state index in [1.54, 1.807) is 0 Å². The lowest BCUT2D eigenvalue weighted by molar-refractivity contribution is 0.0123. The molecule has 1 aliphatic carbocycles. The molecule has 0 bridgehead atoms. The van der Waals surface area contributed by atoms with E-state index in [2.05, 4.69) is 55.4 Å². The zero-order chi connectivity index (χ0) is 18.1. The van der Waals surface area contributed by atoms with E-state index in [1.807, 2.05) is 18.5 Å². The minimum absolute atomic E-state index is 0.703. The minimum Gasteiger partial charge on any atom is -0.311 e. The van der Waals surface area contributed by atoms with Crippen LogP contribution in [0.15, 0.2) is 48.8 Å². The van der Waals surface area contributed by atoms with E-state index in [0.717, 1.165) is 37.4 Å². The van der Waals surface area contributed by atoms with E-state index < -0.39 is 0 Å².